The van der Waals surface area contributed by atoms with Crippen LogP contribution in [0.3, 0.4) is 0 Å². The molecule has 0 radical (unpaired) electrons. The first kappa shape index (κ1) is 23.0. The van der Waals surface area contributed by atoms with Gasteiger partial charge < -0.3 is 14.6 Å². The van der Waals surface area contributed by atoms with Gasteiger partial charge in [-0.15, -0.1) is 0 Å². The van der Waals surface area contributed by atoms with Crippen molar-refractivity contribution in [3.05, 3.63) is 87.1 Å². The summed E-state index contributed by atoms with van der Waals surface area (Å²) in [4.78, 5) is 24.5. The maximum absolute atomic E-state index is 13.9. The van der Waals surface area contributed by atoms with Gasteiger partial charge >= 0.3 is 5.97 Å². The summed E-state index contributed by atoms with van der Waals surface area (Å²) in [6.45, 7) is 3.12. The van der Waals surface area contributed by atoms with Crippen LogP contribution in [0.1, 0.15) is 32.7 Å². The lowest BCUT2D eigenvalue weighted by molar-refractivity contribution is -0.119. The van der Waals surface area contributed by atoms with E-state index in [0.717, 1.165) is 23.4 Å². The zero-order valence-electron chi connectivity index (χ0n) is 17.2. The number of anilines is 1. The number of ether oxygens (including phenoxy) is 1. The number of hydrogen-bond donors (Lipinski definition) is 1. The van der Waals surface area contributed by atoms with Crippen molar-refractivity contribution in [1.82, 2.24) is 4.57 Å². The third kappa shape index (κ3) is 4.95. The van der Waals surface area contributed by atoms with Gasteiger partial charge in [0.25, 0.3) is 5.91 Å². The average molecular weight is 458 g/mol. The van der Waals surface area contributed by atoms with Crippen LogP contribution >= 0.6 is 11.6 Å². The molecule has 1 aromatic heterocycles. The van der Waals surface area contributed by atoms with Crippen LogP contribution in [-0.4, -0.2) is 23.1 Å². The summed E-state index contributed by atoms with van der Waals surface area (Å²) in [5, 5.41) is 12.3. The molecule has 6 nitrogen and oxygen atoms in total. The summed E-state index contributed by atoms with van der Waals surface area (Å²) in [5.74, 6) is -2.75. The standard InChI is InChI=1S/C23H18ClF2N3O3/c1-13-14(2)29(11-15-3-6-17(25)7-4-15)22(19(13)10-27)28-21(30)12-32-23(31)18-8-5-16(24)9-20(18)26/h3-9H,11-12H2,1-2H3,(H,28,30). The highest BCUT2D eigenvalue weighted by atomic mass is 35.5. The maximum Gasteiger partial charge on any atom is 0.341 e. The highest BCUT2D eigenvalue weighted by molar-refractivity contribution is 6.30. The lowest BCUT2D eigenvalue weighted by Crippen LogP contribution is -2.23. The Labute approximate surface area is 188 Å². The molecule has 0 unspecified atom stereocenters. The van der Waals surface area contributed by atoms with Crippen molar-refractivity contribution in [2.45, 2.75) is 20.4 Å². The Kier molecular flexibility index (Phi) is 6.91. The van der Waals surface area contributed by atoms with Gasteiger partial charge in [0, 0.05) is 17.3 Å². The number of amides is 1. The predicted octanol–water partition coefficient (Wildman–Crippen LogP) is 4.75. The molecule has 0 bridgehead atoms. The molecule has 0 saturated carbocycles. The van der Waals surface area contributed by atoms with Gasteiger partial charge in [-0.3, -0.25) is 4.79 Å². The molecule has 1 N–H and O–H groups in total. The van der Waals surface area contributed by atoms with E-state index >= 15 is 0 Å². The van der Waals surface area contributed by atoms with E-state index in [1.54, 1.807) is 30.5 Å². The molecule has 2 aromatic carbocycles. The number of halogens is 3. The average Bonchev–Trinajstić information content (AvgIpc) is 2.97. The second-order valence-electron chi connectivity index (χ2n) is 7.01. The Hall–Kier alpha value is -3.70. The molecule has 0 aliphatic heterocycles. The zero-order chi connectivity index (χ0) is 23.4. The fourth-order valence-electron chi connectivity index (χ4n) is 3.13. The second kappa shape index (κ2) is 9.62. The van der Waals surface area contributed by atoms with Gasteiger partial charge in [0.1, 0.15) is 23.5 Å². The summed E-state index contributed by atoms with van der Waals surface area (Å²) in [5.41, 5.74) is 2.07. The molecule has 1 heterocycles. The van der Waals surface area contributed by atoms with Crippen LogP contribution in [0.2, 0.25) is 5.02 Å². The lowest BCUT2D eigenvalue weighted by atomic mass is 10.2. The van der Waals surface area contributed by atoms with E-state index in [9.17, 15) is 23.6 Å². The molecule has 0 fully saturated rings. The molecular formula is C23H18ClF2N3O3. The number of benzene rings is 2. The summed E-state index contributed by atoms with van der Waals surface area (Å²) >= 11 is 5.66. The van der Waals surface area contributed by atoms with Crippen LogP contribution in [0.15, 0.2) is 42.5 Å². The van der Waals surface area contributed by atoms with Gasteiger partial charge in [-0.05, 0) is 55.3 Å². The number of nitriles is 1. The van der Waals surface area contributed by atoms with Crippen LogP contribution in [0.5, 0.6) is 0 Å². The third-order valence-electron chi connectivity index (χ3n) is 4.94. The number of aromatic nitrogens is 1. The lowest BCUT2D eigenvalue weighted by Gasteiger charge is -2.13. The third-order valence-corrected chi connectivity index (χ3v) is 5.17. The Morgan fingerprint density at radius 2 is 1.84 bits per heavy atom. The number of nitrogens with one attached hydrogen (secondary N) is 1. The molecule has 0 spiro atoms. The van der Waals surface area contributed by atoms with Gasteiger partial charge in [-0.2, -0.15) is 5.26 Å². The molecule has 3 aromatic rings. The smallest absolute Gasteiger partial charge is 0.341 e. The molecule has 0 saturated heterocycles. The summed E-state index contributed by atoms with van der Waals surface area (Å²) < 4.78 is 33.7. The van der Waals surface area contributed by atoms with Crippen molar-refractivity contribution in [1.29, 1.82) is 5.26 Å². The quantitative estimate of drug-likeness (QED) is 0.541. The molecule has 9 heteroatoms. The molecule has 0 aliphatic rings. The van der Waals surface area contributed by atoms with Crippen molar-refractivity contribution >= 4 is 29.3 Å². The SMILES string of the molecule is Cc1c(C#N)c(NC(=O)COC(=O)c2ccc(Cl)cc2F)n(Cc2ccc(F)cc2)c1C. The van der Waals surface area contributed by atoms with Crippen molar-refractivity contribution in [2.24, 2.45) is 0 Å². The highest BCUT2D eigenvalue weighted by Crippen LogP contribution is 2.27. The minimum Gasteiger partial charge on any atom is -0.452 e. The molecule has 164 valence electrons. The number of hydrogen-bond acceptors (Lipinski definition) is 4. The van der Waals surface area contributed by atoms with E-state index in [1.807, 2.05) is 0 Å². The van der Waals surface area contributed by atoms with Gasteiger partial charge in [0.2, 0.25) is 0 Å². The fraction of sp³-hybridized carbons (Fsp3) is 0.174. The van der Waals surface area contributed by atoms with Crippen LogP contribution < -0.4 is 5.32 Å². The number of carbonyl (C=O) groups excluding carboxylic acids is 2. The first-order chi connectivity index (χ1) is 15.2. The van der Waals surface area contributed by atoms with Gasteiger partial charge in [0.15, 0.2) is 6.61 Å². The first-order valence-electron chi connectivity index (χ1n) is 9.47. The topological polar surface area (TPSA) is 84.1 Å². The highest BCUT2D eigenvalue weighted by Gasteiger charge is 2.21. The van der Waals surface area contributed by atoms with Crippen LogP contribution in [-0.2, 0) is 16.1 Å². The monoisotopic (exact) mass is 457 g/mol. The zero-order valence-corrected chi connectivity index (χ0v) is 18.0. The molecule has 32 heavy (non-hydrogen) atoms. The molecule has 3 rings (SSSR count). The Morgan fingerprint density at radius 3 is 2.47 bits per heavy atom. The van der Waals surface area contributed by atoms with E-state index in [1.165, 1.54) is 18.2 Å². The molecule has 1 amide bonds. The van der Waals surface area contributed by atoms with E-state index in [4.69, 9.17) is 16.3 Å². The Bertz CT molecular complexity index is 1230. The predicted molar refractivity (Wildman–Crippen MR) is 114 cm³/mol. The van der Waals surface area contributed by atoms with Crippen molar-refractivity contribution in [3.8, 4) is 6.07 Å². The van der Waals surface area contributed by atoms with Gasteiger partial charge in [0.05, 0.1) is 11.1 Å². The van der Waals surface area contributed by atoms with Crippen LogP contribution in [0.25, 0.3) is 0 Å². The number of esters is 1. The van der Waals surface area contributed by atoms with Crippen LogP contribution in [0, 0.1) is 36.8 Å². The Balaban J connectivity index is 1.77. The Morgan fingerprint density at radius 1 is 1.16 bits per heavy atom. The number of nitrogens with zero attached hydrogens (tertiary/aromatic N) is 2. The summed E-state index contributed by atoms with van der Waals surface area (Å²) in [7, 11) is 0. The normalized spacial score (nSPS) is 10.5. The van der Waals surface area contributed by atoms with E-state index in [-0.39, 0.29) is 34.3 Å². The summed E-state index contributed by atoms with van der Waals surface area (Å²) in [6.07, 6.45) is 0. The van der Waals surface area contributed by atoms with E-state index in [0.29, 0.717) is 5.56 Å². The number of carbonyl (C=O) groups is 2. The molecule has 0 aliphatic carbocycles. The molecule has 0 atom stereocenters. The van der Waals surface area contributed by atoms with Crippen molar-refractivity contribution in [3.63, 3.8) is 0 Å². The fourth-order valence-corrected chi connectivity index (χ4v) is 3.29. The first-order valence-corrected chi connectivity index (χ1v) is 9.85. The van der Waals surface area contributed by atoms with Crippen molar-refractivity contribution < 1.29 is 23.1 Å². The minimum absolute atomic E-state index is 0.119. The maximum atomic E-state index is 13.9. The largest absolute Gasteiger partial charge is 0.452 e. The van der Waals surface area contributed by atoms with E-state index < -0.39 is 24.3 Å². The van der Waals surface area contributed by atoms with Gasteiger partial charge in [-0.1, -0.05) is 23.7 Å². The van der Waals surface area contributed by atoms with Crippen LogP contribution in [0.4, 0.5) is 14.6 Å². The summed E-state index contributed by atoms with van der Waals surface area (Å²) in [6, 6.07) is 11.4. The minimum atomic E-state index is -1.02. The van der Waals surface area contributed by atoms with Gasteiger partial charge in [-0.25, -0.2) is 13.6 Å². The van der Waals surface area contributed by atoms with E-state index in [2.05, 4.69) is 11.4 Å². The number of rotatable bonds is 6. The molecular weight excluding hydrogens is 440 g/mol. The van der Waals surface area contributed by atoms with Crippen molar-refractivity contribution in [2.75, 3.05) is 11.9 Å². The second-order valence-corrected chi connectivity index (χ2v) is 7.44.